The minimum atomic E-state index is -0.0611. The topological polar surface area (TPSA) is 73.2 Å². The van der Waals surface area contributed by atoms with Gasteiger partial charge < -0.3 is 20.1 Å². The van der Waals surface area contributed by atoms with Crippen molar-refractivity contribution in [1.82, 2.24) is 14.8 Å². The summed E-state index contributed by atoms with van der Waals surface area (Å²) in [6.07, 6.45) is 7.45. The molecule has 2 saturated heterocycles. The maximum absolute atomic E-state index is 6.02. The number of thiophene rings is 1. The van der Waals surface area contributed by atoms with E-state index in [-0.39, 0.29) is 11.8 Å². The second-order valence-corrected chi connectivity index (χ2v) is 11.2. The zero-order chi connectivity index (χ0) is 22.8. The highest BCUT2D eigenvalue weighted by Crippen LogP contribution is 2.40. The Morgan fingerprint density at radius 2 is 1.97 bits per heavy atom. The summed E-state index contributed by atoms with van der Waals surface area (Å²) in [6, 6.07) is 6.45. The predicted octanol–water partition coefficient (Wildman–Crippen LogP) is 5.91. The van der Waals surface area contributed by atoms with E-state index in [1.54, 1.807) is 11.3 Å². The van der Waals surface area contributed by atoms with Gasteiger partial charge in [-0.3, -0.25) is 0 Å². The van der Waals surface area contributed by atoms with Gasteiger partial charge in [0, 0.05) is 44.2 Å². The van der Waals surface area contributed by atoms with Gasteiger partial charge >= 0.3 is 0 Å². The second-order valence-electron chi connectivity index (χ2n) is 10.2. The monoisotopic (exact) mass is 469 g/mol. The molecule has 2 fully saturated rings. The van der Waals surface area contributed by atoms with Crippen molar-refractivity contribution in [2.45, 2.75) is 64.6 Å². The molecule has 178 valence electrons. The maximum atomic E-state index is 6.02. The number of rotatable bonds is 6. The quantitative estimate of drug-likeness (QED) is 0.468. The van der Waals surface area contributed by atoms with Gasteiger partial charge in [-0.25, -0.2) is 9.67 Å². The Morgan fingerprint density at radius 3 is 2.73 bits per heavy atom. The molecule has 3 aromatic heterocycles. The fraction of sp³-hybridized carbons (Fsp3) is 0.600. The normalized spacial score (nSPS) is 20.3. The van der Waals surface area contributed by atoms with Gasteiger partial charge in [-0.05, 0) is 70.9 Å². The Balaban J connectivity index is 1.48. The Bertz CT molecular complexity index is 1070. The third-order valence-corrected chi connectivity index (χ3v) is 7.44. The average Bonchev–Trinajstić information content (AvgIpc) is 3.45. The summed E-state index contributed by atoms with van der Waals surface area (Å²) < 4.78 is 14.8. The van der Waals surface area contributed by atoms with Crippen LogP contribution in [0.3, 0.4) is 0 Å². The SMILES string of the molecule is CC(C)(C)Nc1cc(NCC2CCOCC2)c2sc(-c3ccnn3C3CCCCO3)cc2n1. The van der Waals surface area contributed by atoms with E-state index in [1.807, 2.05) is 10.9 Å². The van der Waals surface area contributed by atoms with E-state index in [9.17, 15) is 0 Å². The van der Waals surface area contributed by atoms with Crippen LogP contribution < -0.4 is 10.6 Å². The first-order valence-electron chi connectivity index (χ1n) is 12.2. The van der Waals surface area contributed by atoms with Crippen molar-refractivity contribution in [3.63, 3.8) is 0 Å². The number of aromatic nitrogens is 3. The molecule has 5 rings (SSSR count). The first kappa shape index (κ1) is 22.6. The number of hydrogen-bond acceptors (Lipinski definition) is 7. The highest BCUT2D eigenvalue weighted by Gasteiger charge is 2.22. The van der Waals surface area contributed by atoms with Gasteiger partial charge in [0.15, 0.2) is 6.23 Å². The Kier molecular flexibility index (Phi) is 6.58. The van der Waals surface area contributed by atoms with Gasteiger partial charge in [-0.2, -0.15) is 5.10 Å². The Morgan fingerprint density at radius 1 is 1.12 bits per heavy atom. The standard InChI is InChI=1S/C25H35N5O2S/c1-25(2,3)29-22-15-18(26-16-17-8-12-31-13-9-17)24-19(28-22)14-21(33-24)20-7-10-27-30(20)23-6-4-5-11-32-23/h7,10,14-15,17,23H,4-6,8-9,11-13,16H2,1-3H3,(H2,26,28,29). The van der Waals surface area contributed by atoms with Crippen molar-refractivity contribution < 1.29 is 9.47 Å². The lowest BCUT2D eigenvalue weighted by molar-refractivity contribution is -0.0383. The highest BCUT2D eigenvalue weighted by atomic mass is 32.1. The first-order valence-corrected chi connectivity index (χ1v) is 13.0. The second kappa shape index (κ2) is 9.60. The van der Waals surface area contributed by atoms with Gasteiger partial charge in [0.05, 0.1) is 26.5 Å². The van der Waals surface area contributed by atoms with Gasteiger partial charge in [-0.1, -0.05) is 0 Å². The molecule has 3 aromatic rings. The van der Waals surface area contributed by atoms with Crippen LogP contribution >= 0.6 is 11.3 Å². The molecule has 5 heterocycles. The summed E-state index contributed by atoms with van der Waals surface area (Å²) in [4.78, 5) is 6.14. The van der Waals surface area contributed by atoms with Crippen LogP contribution in [0.4, 0.5) is 11.5 Å². The molecular formula is C25H35N5O2S. The van der Waals surface area contributed by atoms with E-state index in [4.69, 9.17) is 14.5 Å². The fourth-order valence-corrected chi connectivity index (χ4v) is 5.69. The van der Waals surface area contributed by atoms with Crippen LogP contribution in [-0.4, -0.2) is 46.7 Å². The van der Waals surface area contributed by atoms with Gasteiger partial charge in [0.25, 0.3) is 0 Å². The molecule has 0 aromatic carbocycles. The molecular weight excluding hydrogens is 434 g/mol. The van der Waals surface area contributed by atoms with Crippen molar-refractivity contribution >= 4 is 33.1 Å². The lowest BCUT2D eigenvalue weighted by atomic mass is 10.0. The third-order valence-electron chi connectivity index (χ3n) is 6.26. The van der Waals surface area contributed by atoms with E-state index < -0.39 is 0 Å². The maximum Gasteiger partial charge on any atom is 0.150 e. The number of anilines is 2. The predicted molar refractivity (Wildman–Crippen MR) is 135 cm³/mol. The number of fused-ring (bicyclic) bond motifs is 1. The summed E-state index contributed by atoms with van der Waals surface area (Å²) in [5.41, 5.74) is 3.20. The van der Waals surface area contributed by atoms with Crippen LogP contribution in [-0.2, 0) is 9.47 Å². The summed E-state index contributed by atoms with van der Waals surface area (Å²) >= 11 is 1.78. The molecule has 2 aliphatic rings. The lowest BCUT2D eigenvalue weighted by Crippen LogP contribution is -2.27. The van der Waals surface area contributed by atoms with E-state index in [1.165, 1.54) is 16.0 Å². The van der Waals surface area contributed by atoms with E-state index >= 15 is 0 Å². The number of hydrogen-bond donors (Lipinski definition) is 2. The number of nitrogens with one attached hydrogen (secondary N) is 2. The molecule has 7 nitrogen and oxygen atoms in total. The summed E-state index contributed by atoms with van der Waals surface area (Å²) in [5, 5.41) is 11.9. The molecule has 1 unspecified atom stereocenters. The van der Waals surface area contributed by atoms with Crippen molar-refractivity contribution in [1.29, 1.82) is 0 Å². The molecule has 2 aliphatic heterocycles. The highest BCUT2D eigenvalue weighted by molar-refractivity contribution is 7.22. The summed E-state index contributed by atoms with van der Waals surface area (Å²) in [6.45, 7) is 9.98. The molecule has 0 bridgehead atoms. The molecule has 0 aliphatic carbocycles. The average molecular weight is 470 g/mol. The minimum absolute atomic E-state index is 0.0196. The molecule has 0 saturated carbocycles. The zero-order valence-electron chi connectivity index (χ0n) is 19.9. The smallest absolute Gasteiger partial charge is 0.150 e. The zero-order valence-corrected chi connectivity index (χ0v) is 20.7. The van der Waals surface area contributed by atoms with Crippen molar-refractivity contribution in [3.05, 3.63) is 24.4 Å². The Labute approximate surface area is 199 Å². The molecule has 0 amide bonds. The van der Waals surface area contributed by atoms with Gasteiger partial charge in [0.2, 0.25) is 0 Å². The van der Waals surface area contributed by atoms with Crippen LogP contribution in [0.5, 0.6) is 0 Å². The lowest BCUT2D eigenvalue weighted by Gasteiger charge is -2.24. The number of pyridine rings is 1. The number of nitrogens with zero attached hydrogens (tertiary/aromatic N) is 3. The van der Waals surface area contributed by atoms with Gasteiger partial charge in [-0.15, -0.1) is 11.3 Å². The fourth-order valence-electron chi connectivity index (χ4n) is 4.59. The van der Waals surface area contributed by atoms with Crippen molar-refractivity contribution in [2.24, 2.45) is 5.92 Å². The molecule has 8 heteroatoms. The van der Waals surface area contributed by atoms with E-state index in [0.29, 0.717) is 5.92 Å². The van der Waals surface area contributed by atoms with E-state index in [0.717, 1.165) is 74.8 Å². The van der Waals surface area contributed by atoms with Crippen LogP contribution in [0, 0.1) is 5.92 Å². The molecule has 1 atom stereocenters. The largest absolute Gasteiger partial charge is 0.383 e. The first-order chi connectivity index (χ1) is 16.0. The molecule has 0 radical (unpaired) electrons. The third kappa shape index (κ3) is 5.34. The van der Waals surface area contributed by atoms with Crippen molar-refractivity contribution in [3.8, 4) is 10.6 Å². The van der Waals surface area contributed by atoms with Gasteiger partial charge in [0.1, 0.15) is 5.82 Å². The number of ether oxygens (including phenoxy) is 2. The van der Waals surface area contributed by atoms with Crippen LogP contribution in [0.2, 0.25) is 0 Å². The van der Waals surface area contributed by atoms with Crippen molar-refractivity contribution in [2.75, 3.05) is 37.0 Å². The minimum Gasteiger partial charge on any atom is -0.383 e. The Hall–Kier alpha value is -2.16. The molecule has 0 spiro atoms. The molecule has 33 heavy (non-hydrogen) atoms. The van der Waals surface area contributed by atoms with E-state index in [2.05, 4.69) is 54.7 Å². The summed E-state index contributed by atoms with van der Waals surface area (Å²) in [7, 11) is 0. The molecule has 2 N–H and O–H groups in total. The van der Waals surface area contributed by atoms with Crippen LogP contribution in [0.15, 0.2) is 24.4 Å². The summed E-state index contributed by atoms with van der Waals surface area (Å²) in [5.74, 6) is 1.54. The van der Waals surface area contributed by atoms with Crippen LogP contribution in [0.1, 0.15) is 59.1 Å². The van der Waals surface area contributed by atoms with Crippen LogP contribution in [0.25, 0.3) is 20.8 Å².